The van der Waals surface area contributed by atoms with Gasteiger partial charge >= 0.3 is 0 Å². The lowest BCUT2D eigenvalue weighted by atomic mass is 10.1. The fraction of sp³-hybridized carbons (Fsp3) is 0.440. The highest BCUT2D eigenvalue weighted by atomic mass is 16.5. The Bertz CT molecular complexity index is 770. The van der Waals surface area contributed by atoms with Crippen LogP contribution in [-0.2, 0) is 4.79 Å². The second-order valence-electron chi connectivity index (χ2n) is 7.56. The van der Waals surface area contributed by atoms with E-state index in [1.807, 2.05) is 12.1 Å². The maximum Gasteiger partial charge on any atom is 0.255 e. The smallest absolute Gasteiger partial charge is 0.255 e. The average molecular weight is 411 g/mol. The number of carbonyl (C=O) groups is 2. The largest absolute Gasteiger partial charge is 0.494 e. The molecule has 0 bridgehead atoms. The first-order valence-corrected chi connectivity index (χ1v) is 11.0. The van der Waals surface area contributed by atoms with E-state index in [1.165, 1.54) is 51.9 Å². The van der Waals surface area contributed by atoms with Gasteiger partial charge in [-0.3, -0.25) is 9.59 Å². The van der Waals surface area contributed by atoms with Crippen LogP contribution in [0.1, 0.15) is 75.6 Å². The second-order valence-corrected chi connectivity index (χ2v) is 7.56. The lowest BCUT2D eigenvalue weighted by Gasteiger charge is -2.09. The highest BCUT2D eigenvalue weighted by Crippen LogP contribution is 2.17. The van der Waals surface area contributed by atoms with E-state index in [1.54, 1.807) is 36.4 Å². The Kier molecular flexibility index (Phi) is 10.5. The van der Waals surface area contributed by atoms with E-state index in [0.717, 1.165) is 12.2 Å². The molecule has 2 rings (SSSR count). The minimum atomic E-state index is -0.183. The molecule has 0 aliphatic heterocycles. The van der Waals surface area contributed by atoms with E-state index >= 15 is 0 Å². The van der Waals surface area contributed by atoms with Crippen molar-refractivity contribution >= 4 is 23.2 Å². The van der Waals surface area contributed by atoms with Gasteiger partial charge in [-0.25, -0.2) is 0 Å². The van der Waals surface area contributed by atoms with Gasteiger partial charge in [0.25, 0.3) is 5.91 Å². The van der Waals surface area contributed by atoms with Gasteiger partial charge in [0, 0.05) is 23.9 Å². The summed E-state index contributed by atoms with van der Waals surface area (Å²) in [4.78, 5) is 23.4. The van der Waals surface area contributed by atoms with Gasteiger partial charge in [0.1, 0.15) is 5.75 Å². The van der Waals surface area contributed by atoms with Crippen LogP contribution in [0.25, 0.3) is 0 Å². The molecule has 0 spiro atoms. The van der Waals surface area contributed by atoms with Crippen LogP contribution in [0.2, 0.25) is 0 Å². The summed E-state index contributed by atoms with van der Waals surface area (Å²) in [7, 11) is 0. The minimum absolute atomic E-state index is 0.128. The van der Waals surface area contributed by atoms with Gasteiger partial charge < -0.3 is 15.4 Å². The van der Waals surface area contributed by atoms with Crippen molar-refractivity contribution < 1.29 is 14.3 Å². The lowest BCUT2D eigenvalue weighted by molar-refractivity contribution is -0.114. The molecule has 0 saturated heterocycles. The van der Waals surface area contributed by atoms with Crippen LogP contribution in [-0.4, -0.2) is 18.4 Å². The van der Waals surface area contributed by atoms with Crippen molar-refractivity contribution in [1.82, 2.24) is 0 Å². The molecule has 0 fully saturated rings. The molecule has 0 atom stereocenters. The molecule has 0 aromatic heterocycles. The predicted octanol–water partition coefficient (Wildman–Crippen LogP) is 6.42. The van der Waals surface area contributed by atoms with Gasteiger partial charge in [-0.1, -0.05) is 51.9 Å². The molecule has 5 heteroatoms. The first-order chi connectivity index (χ1) is 14.6. The molecule has 0 radical (unpaired) electrons. The topological polar surface area (TPSA) is 67.4 Å². The van der Waals surface area contributed by atoms with Crippen molar-refractivity contribution in [2.24, 2.45) is 0 Å². The Hall–Kier alpha value is -2.82. The van der Waals surface area contributed by atoms with E-state index in [4.69, 9.17) is 4.74 Å². The van der Waals surface area contributed by atoms with Crippen molar-refractivity contribution in [1.29, 1.82) is 0 Å². The number of anilines is 2. The molecule has 162 valence electrons. The Morgan fingerprint density at radius 1 is 0.733 bits per heavy atom. The maximum absolute atomic E-state index is 12.4. The Morgan fingerprint density at radius 2 is 1.27 bits per heavy atom. The van der Waals surface area contributed by atoms with Crippen LogP contribution >= 0.6 is 0 Å². The van der Waals surface area contributed by atoms with Gasteiger partial charge in [0.05, 0.1) is 6.61 Å². The SMILES string of the molecule is CCCCCCCCCCOc1ccc(C(=O)Nc2ccc(NC(C)=O)cc2)cc1. The molecular weight excluding hydrogens is 376 g/mol. The summed E-state index contributed by atoms with van der Waals surface area (Å²) >= 11 is 0. The molecule has 5 nitrogen and oxygen atoms in total. The Labute approximate surface area is 180 Å². The van der Waals surface area contributed by atoms with Crippen LogP contribution < -0.4 is 15.4 Å². The minimum Gasteiger partial charge on any atom is -0.494 e. The summed E-state index contributed by atoms with van der Waals surface area (Å²) in [5.41, 5.74) is 1.93. The van der Waals surface area contributed by atoms with E-state index in [0.29, 0.717) is 23.5 Å². The van der Waals surface area contributed by atoms with E-state index in [-0.39, 0.29) is 11.8 Å². The summed E-state index contributed by atoms with van der Waals surface area (Å²) in [6.45, 7) is 4.41. The molecule has 0 unspecified atom stereocenters. The summed E-state index contributed by atoms with van der Waals surface area (Å²) in [5.74, 6) is 0.475. The Balaban J connectivity index is 1.68. The molecule has 2 amide bonds. The number of unbranched alkanes of at least 4 members (excludes halogenated alkanes) is 7. The van der Waals surface area contributed by atoms with Crippen LogP contribution in [0.5, 0.6) is 5.75 Å². The highest BCUT2D eigenvalue weighted by Gasteiger charge is 2.07. The van der Waals surface area contributed by atoms with Crippen LogP contribution in [0, 0.1) is 0 Å². The number of carbonyl (C=O) groups excluding carboxylic acids is 2. The number of ether oxygens (including phenoxy) is 1. The molecule has 0 aliphatic rings. The van der Waals surface area contributed by atoms with Gasteiger partial charge in [-0.2, -0.15) is 0 Å². The highest BCUT2D eigenvalue weighted by molar-refractivity contribution is 6.04. The normalized spacial score (nSPS) is 10.5. The van der Waals surface area contributed by atoms with Crippen LogP contribution in [0.4, 0.5) is 11.4 Å². The summed E-state index contributed by atoms with van der Waals surface area (Å²) in [6.07, 6.45) is 10.2. The standard InChI is InChI=1S/C25H34N2O3/c1-3-4-5-6-7-8-9-10-19-30-24-17-11-21(12-18-24)25(29)27-23-15-13-22(14-16-23)26-20(2)28/h11-18H,3-10,19H2,1-2H3,(H,26,28)(H,27,29). The van der Waals surface area contributed by atoms with Crippen molar-refractivity contribution in [3.63, 3.8) is 0 Å². The van der Waals surface area contributed by atoms with Crippen LogP contribution in [0.15, 0.2) is 48.5 Å². The van der Waals surface area contributed by atoms with Crippen molar-refractivity contribution in [2.75, 3.05) is 17.2 Å². The lowest BCUT2D eigenvalue weighted by Crippen LogP contribution is -2.12. The molecular formula is C25H34N2O3. The van der Waals surface area contributed by atoms with Gasteiger partial charge in [-0.05, 0) is 55.0 Å². The molecule has 0 aliphatic carbocycles. The molecule has 0 heterocycles. The van der Waals surface area contributed by atoms with Gasteiger partial charge in [-0.15, -0.1) is 0 Å². The number of hydrogen-bond donors (Lipinski definition) is 2. The third-order valence-corrected chi connectivity index (χ3v) is 4.85. The van der Waals surface area contributed by atoms with Crippen molar-refractivity contribution in [2.45, 2.75) is 65.2 Å². The Morgan fingerprint density at radius 3 is 1.83 bits per heavy atom. The van der Waals surface area contributed by atoms with E-state index in [2.05, 4.69) is 17.6 Å². The zero-order valence-electron chi connectivity index (χ0n) is 18.2. The van der Waals surface area contributed by atoms with E-state index < -0.39 is 0 Å². The molecule has 2 aromatic rings. The zero-order chi connectivity index (χ0) is 21.6. The van der Waals surface area contributed by atoms with Crippen molar-refractivity contribution in [3.05, 3.63) is 54.1 Å². The number of nitrogens with one attached hydrogen (secondary N) is 2. The monoisotopic (exact) mass is 410 g/mol. The van der Waals surface area contributed by atoms with E-state index in [9.17, 15) is 9.59 Å². The summed E-state index contributed by atoms with van der Waals surface area (Å²) in [6, 6.07) is 14.2. The third kappa shape index (κ3) is 9.12. The summed E-state index contributed by atoms with van der Waals surface area (Å²) in [5, 5.41) is 5.55. The predicted molar refractivity (Wildman–Crippen MR) is 123 cm³/mol. The second kappa shape index (κ2) is 13.4. The fourth-order valence-electron chi connectivity index (χ4n) is 3.17. The van der Waals surface area contributed by atoms with Gasteiger partial charge in [0.2, 0.25) is 5.91 Å². The van der Waals surface area contributed by atoms with Crippen molar-refractivity contribution in [3.8, 4) is 5.75 Å². The quantitative estimate of drug-likeness (QED) is 0.375. The number of rotatable bonds is 13. The molecule has 0 saturated carbocycles. The number of hydrogen-bond acceptors (Lipinski definition) is 3. The average Bonchev–Trinajstić information content (AvgIpc) is 2.74. The first kappa shape index (κ1) is 23.5. The fourth-order valence-corrected chi connectivity index (χ4v) is 3.17. The molecule has 30 heavy (non-hydrogen) atoms. The zero-order valence-corrected chi connectivity index (χ0v) is 18.2. The summed E-state index contributed by atoms with van der Waals surface area (Å²) < 4.78 is 5.78. The third-order valence-electron chi connectivity index (χ3n) is 4.85. The number of amides is 2. The van der Waals surface area contributed by atoms with Gasteiger partial charge in [0.15, 0.2) is 0 Å². The first-order valence-electron chi connectivity index (χ1n) is 11.0. The van der Waals surface area contributed by atoms with Crippen LogP contribution in [0.3, 0.4) is 0 Å². The molecule has 2 N–H and O–H groups in total. The maximum atomic E-state index is 12.4. The number of benzene rings is 2. The molecule has 2 aromatic carbocycles.